The van der Waals surface area contributed by atoms with Crippen molar-refractivity contribution in [2.45, 2.75) is 17.6 Å². The molecule has 0 bridgehead atoms. The molecule has 94 valence electrons. The number of sulfonamides is 1. The second-order valence-electron chi connectivity index (χ2n) is 3.17. The molecule has 1 saturated heterocycles. The zero-order valence-corrected chi connectivity index (χ0v) is 9.56. The molecule has 0 amide bonds. The summed E-state index contributed by atoms with van der Waals surface area (Å²) in [6, 6.07) is -1.66. The molecule has 0 radical (unpaired) electrons. The van der Waals surface area contributed by atoms with Gasteiger partial charge < -0.3 is 5.11 Å². The lowest BCUT2D eigenvalue weighted by Crippen LogP contribution is -2.49. The predicted octanol–water partition coefficient (Wildman–Crippen LogP) is 0.336. The highest BCUT2D eigenvalue weighted by molar-refractivity contribution is 8.01. The van der Waals surface area contributed by atoms with E-state index in [9.17, 15) is 26.4 Å². The first-order chi connectivity index (χ1) is 7.05. The van der Waals surface area contributed by atoms with Crippen molar-refractivity contribution in [3.8, 4) is 0 Å². The van der Waals surface area contributed by atoms with Crippen molar-refractivity contribution < 1.29 is 31.5 Å². The van der Waals surface area contributed by atoms with Gasteiger partial charge in [-0.25, -0.2) is 8.42 Å². The van der Waals surface area contributed by atoms with Crippen LogP contribution in [0.4, 0.5) is 13.2 Å². The Balaban J connectivity index is 3.13. The summed E-state index contributed by atoms with van der Waals surface area (Å²) in [5, 5.41) is 6.33. The maximum atomic E-state index is 12.5. The van der Waals surface area contributed by atoms with Crippen LogP contribution in [0, 0.1) is 0 Å². The first kappa shape index (κ1) is 13.6. The molecule has 2 atom stereocenters. The van der Waals surface area contributed by atoms with Crippen molar-refractivity contribution in [2.75, 3.05) is 12.0 Å². The SMILES string of the molecule is CS(=O)(=O)N1C(C(=O)O)CSC1C(F)(F)F. The number of carboxylic acids is 1. The highest BCUT2D eigenvalue weighted by Crippen LogP contribution is 2.41. The highest BCUT2D eigenvalue weighted by atomic mass is 32.2. The summed E-state index contributed by atoms with van der Waals surface area (Å²) in [7, 11) is -4.22. The van der Waals surface area contributed by atoms with Crippen LogP contribution < -0.4 is 0 Å². The van der Waals surface area contributed by atoms with E-state index >= 15 is 0 Å². The fourth-order valence-corrected chi connectivity index (χ4v) is 4.31. The molecule has 1 fully saturated rings. The van der Waals surface area contributed by atoms with Crippen LogP contribution in [0.1, 0.15) is 0 Å². The number of carbonyl (C=O) groups is 1. The molecule has 0 aromatic rings. The molecule has 1 N–H and O–H groups in total. The number of hydrogen-bond donors (Lipinski definition) is 1. The van der Waals surface area contributed by atoms with Crippen molar-refractivity contribution in [1.82, 2.24) is 4.31 Å². The molecule has 1 aliphatic rings. The van der Waals surface area contributed by atoms with Crippen molar-refractivity contribution in [3.63, 3.8) is 0 Å². The zero-order chi connectivity index (χ0) is 12.7. The third-order valence-electron chi connectivity index (χ3n) is 1.90. The summed E-state index contributed by atoms with van der Waals surface area (Å²) in [5.74, 6) is -1.99. The molecule has 0 spiro atoms. The molecule has 1 rings (SSSR count). The van der Waals surface area contributed by atoms with Crippen LogP contribution in [0.2, 0.25) is 0 Å². The Kier molecular flexibility index (Phi) is 3.46. The van der Waals surface area contributed by atoms with Crippen LogP contribution in [0.5, 0.6) is 0 Å². The van der Waals surface area contributed by atoms with E-state index < -0.39 is 39.3 Å². The number of thioether (sulfide) groups is 1. The van der Waals surface area contributed by atoms with Gasteiger partial charge in [0.25, 0.3) is 0 Å². The van der Waals surface area contributed by atoms with E-state index in [2.05, 4.69) is 0 Å². The quantitative estimate of drug-likeness (QED) is 0.788. The average molecular weight is 279 g/mol. The monoisotopic (exact) mass is 279 g/mol. The predicted molar refractivity (Wildman–Crippen MR) is 50.4 cm³/mol. The summed E-state index contributed by atoms with van der Waals surface area (Å²) in [4.78, 5) is 10.6. The smallest absolute Gasteiger partial charge is 0.414 e. The first-order valence-corrected chi connectivity index (χ1v) is 6.84. The summed E-state index contributed by atoms with van der Waals surface area (Å²) in [6.07, 6.45) is -4.22. The normalized spacial score (nSPS) is 28.2. The lowest BCUT2D eigenvalue weighted by Gasteiger charge is -2.25. The van der Waals surface area contributed by atoms with Crippen LogP contribution in [0.25, 0.3) is 0 Å². The summed E-state index contributed by atoms with van der Waals surface area (Å²) < 4.78 is 59.7. The lowest BCUT2D eigenvalue weighted by molar-refractivity contribution is -0.155. The Morgan fingerprint density at radius 2 is 2.00 bits per heavy atom. The van der Waals surface area contributed by atoms with Crippen molar-refractivity contribution in [1.29, 1.82) is 0 Å². The number of carboxylic acid groups (broad SMARTS) is 1. The Morgan fingerprint density at radius 1 is 1.50 bits per heavy atom. The Hall–Kier alpha value is -0.480. The summed E-state index contributed by atoms with van der Waals surface area (Å²) in [5.41, 5.74) is 0. The second kappa shape index (κ2) is 4.08. The number of halogens is 3. The fraction of sp³-hybridized carbons (Fsp3) is 0.833. The van der Waals surface area contributed by atoms with E-state index in [1.54, 1.807) is 0 Å². The number of hydrogen-bond acceptors (Lipinski definition) is 4. The second-order valence-corrected chi connectivity index (χ2v) is 6.18. The van der Waals surface area contributed by atoms with Gasteiger partial charge in [-0.15, -0.1) is 11.8 Å². The maximum Gasteiger partial charge on any atom is 0.414 e. The standard InChI is InChI=1S/C6H8F3NO4S2/c1-16(13,14)10-3(4(11)12)2-15-5(10)6(7,8)9/h3,5H,2H2,1H3,(H,11,12). The molecule has 16 heavy (non-hydrogen) atoms. The number of nitrogens with zero attached hydrogens (tertiary/aromatic N) is 1. The molecule has 10 heteroatoms. The molecular formula is C6H8F3NO4S2. The van der Waals surface area contributed by atoms with Gasteiger partial charge in [-0.1, -0.05) is 0 Å². The fourth-order valence-electron chi connectivity index (χ4n) is 1.32. The number of rotatable bonds is 2. The van der Waals surface area contributed by atoms with Crippen molar-refractivity contribution in [3.05, 3.63) is 0 Å². The van der Waals surface area contributed by atoms with Crippen LogP contribution in [0.3, 0.4) is 0 Å². The van der Waals surface area contributed by atoms with Crippen LogP contribution in [-0.4, -0.2) is 53.4 Å². The summed E-state index contributed by atoms with van der Waals surface area (Å²) >= 11 is 0.262. The van der Waals surface area contributed by atoms with E-state index in [0.717, 1.165) is 0 Å². The largest absolute Gasteiger partial charge is 0.480 e. The van der Waals surface area contributed by atoms with E-state index in [1.807, 2.05) is 0 Å². The third-order valence-corrected chi connectivity index (χ3v) is 4.58. The first-order valence-electron chi connectivity index (χ1n) is 3.95. The third kappa shape index (κ3) is 2.61. The van der Waals surface area contributed by atoms with Crippen LogP contribution >= 0.6 is 11.8 Å². The highest BCUT2D eigenvalue weighted by Gasteiger charge is 2.55. The molecule has 0 aromatic carbocycles. The van der Waals surface area contributed by atoms with Gasteiger partial charge in [0.15, 0.2) is 5.37 Å². The summed E-state index contributed by atoms with van der Waals surface area (Å²) in [6.45, 7) is 0. The Morgan fingerprint density at radius 3 is 2.31 bits per heavy atom. The van der Waals surface area contributed by atoms with E-state index in [1.165, 1.54) is 0 Å². The molecule has 0 saturated carbocycles. The minimum Gasteiger partial charge on any atom is -0.480 e. The van der Waals surface area contributed by atoms with Gasteiger partial charge in [0.05, 0.1) is 6.26 Å². The van der Waals surface area contributed by atoms with Gasteiger partial charge in [0.1, 0.15) is 6.04 Å². The van der Waals surface area contributed by atoms with Crippen molar-refractivity contribution >= 4 is 27.8 Å². The van der Waals surface area contributed by atoms with Crippen molar-refractivity contribution in [2.24, 2.45) is 0 Å². The molecular weight excluding hydrogens is 271 g/mol. The van der Waals surface area contributed by atoms with E-state index in [0.29, 0.717) is 6.26 Å². The Labute approximate surface area is 93.7 Å². The maximum absolute atomic E-state index is 12.5. The van der Waals surface area contributed by atoms with Gasteiger partial charge in [-0.2, -0.15) is 17.5 Å². The topological polar surface area (TPSA) is 74.7 Å². The van der Waals surface area contributed by atoms with Gasteiger partial charge in [0, 0.05) is 5.75 Å². The average Bonchev–Trinajstić information content (AvgIpc) is 2.43. The Bertz CT molecular complexity index is 393. The number of alkyl halides is 3. The van der Waals surface area contributed by atoms with E-state index in [-0.39, 0.29) is 16.1 Å². The van der Waals surface area contributed by atoms with Crippen LogP contribution in [0.15, 0.2) is 0 Å². The van der Waals surface area contributed by atoms with Crippen LogP contribution in [-0.2, 0) is 14.8 Å². The molecule has 5 nitrogen and oxygen atoms in total. The number of aliphatic carboxylic acids is 1. The minimum absolute atomic E-state index is 0. The molecule has 2 unspecified atom stereocenters. The van der Waals surface area contributed by atoms with E-state index in [4.69, 9.17) is 5.11 Å². The van der Waals surface area contributed by atoms with Gasteiger partial charge in [-0.05, 0) is 0 Å². The minimum atomic E-state index is -4.78. The molecule has 0 aliphatic carbocycles. The van der Waals surface area contributed by atoms with Gasteiger partial charge >= 0.3 is 12.1 Å². The van der Waals surface area contributed by atoms with Gasteiger partial charge in [-0.3, -0.25) is 4.79 Å². The lowest BCUT2D eigenvalue weighted by atomic mass is 10.3. The molecule has 1 heterocycles. The van der Waals surface area contributed by atoms with Gasteiger partial charge in [0.2, 0.25) is 10.0 Å². The molecule has 0 aromatic heterocycles. The molecule has 1 aliphatic heterocycles. The zero-order valence-electron chi connectivity index (χ0n) is 7.93.